The Morgan fingerprint density at radius 2 is 1.93 bits per heavy atom. The van der Waals surface area contributed by atoms with E-state index in [2.05, 4.69) is 15.4 Å². The first-order chi connectivity index (χ1) is 14.4. The van der Waals surface area contributed by atoms with Crippen LogP contribution in [0.2, 0.25) is 5.02 Å². The number of aryl methyl sites for hydroxylation is 2. The van der Waals surface area contributed by atoms with Gasteiger partial charge in [0.05, 0.1) is 5.69 Å². The maximum absolute atomic E-state index is 13.0. The van der Waals surface area contributed by atoms with E-state index in [0.29, 0.717) is 38.4 Å². The molecule has 2 heterocycles. The molecule has 0 bridgehead atoms. The first kappa shape index (κ1) is 20.1. The van der Waals surface area contributed by atoms with Crippen LogP contribution in [0.1, 0.15) is 32.2 Å². The van der Waals surface area contributed by atoms with E-state index in [4.69, 9.17) is 11.6 Å². The lowest BCUT2D eigenvalue weighted by molar-refractivity contribution is 0.103. The van der Waals surface area contributed by atoms with Gasteiger partial charge in [-0.3, -0.25) is 14.7 Å². The number of aromatic amines is 1. The van der Waals surface area contributed by atoms with Crippen molar-refractivity contribution in [2.24, 2.45) is 0 Å². The van der Waals surface area contributed by atoms with Crippen LogP contribution in [0.3, 0.4) is 0 Å². The fraction of sp³-hybridized carbons (Fsp3) is 0.136. The van der Waals surface area contributed by atoms with Crippen molar-refractivity contribution >= 4 is 34.5 Å². The highest BCUT2D eigenvalue weighted by Crippen LogP contribution is 2.23. The Balaban J connectivity index is 1.62. The Bertz CT molecular complexity index is 1270. The molecule has 2 aromatic heterocycles. The number of nitrogens with one attached hydrogen (secondary N) is 2. The summed E-state index contributed by atoms with van der Waals surface area (Å²) in [7, 11) is 0. The third kappa shape index (κ3) is 4.08. The maximum atomic E-state index is 13.0. The Hall–Kier alpha value is -3.16. The molecule has 4 rings (SSSR count). The van der Waals surface area contributed by atoms with Gasteiger partial charge >= 0.3 is 0 Å². The summed E-state index contributed by atoms with van der Waals surface area (Å²) in [5.74, 6) is -0.292. The zero-order chi connectivity index (χ0) is 21.3. The molecule has 30 heavy (non-hydrogen) atoms. The van der Waals surface area contributed by atoms with E-state index in [9.17, 15) is 9.59 Å². The van der Waals surface area contributed by atoms with E-state index in [-0.39, 0.29) is 11.5 Å². The molecule has 0 saturated heterocycles. The number of carbonyl (C=O) groups is 1. The van der Waals surface area contributed by atoms with Gasteiger partial charge in [-0.2, -0.15) is 4.68 Å². The highest BCUT2D eigenvalue weighted by Gasteiger charge is 2.20. The number of carbonyl (C=O) groups excluding carboxylic acids is 1. The van der Waals surface area contributed by atoms with Crippen molar-refractivity contribution in [3.05, 3.63) is 97.4 Å². The van der Waals surface area contributed by atoms with Gasteiger partial charge in [-0.1, -0.05) is 59.3 Å². The Labute approximate surface area is 182 Å². The zero-order valence-corrected chi connectivity index (χ0v) is 18.0. The normalized spacial score (nSPS) is 10.9. The molecule has 0 unspecified atom stereocenters. The number of benzene rings is 2. The molecule has 2 aromatic carbocycles. The first-order valence-electron chi connectivity index (χ1n) is 9.31. The molecule has 152 valence electrons. The molecule has 0 spiro atoms. The van der Waals surface area contributed by atoms with Gasteiger partial charge < -0.3 is 5.32 Å². The van der Waals surface area contributed by atoms with E-state index in [0.717, 1.165) is 22.6 Å². The smallest absolute Gasteiger partial charge is 0.277 e. The van der Waals surface area contributed by atoms with Crippen LogP contribution >= 0.6 is 22.9 Å². The number of H-pyrrole nitrogens is 1. The highest BCUT2D eigenvalue weighted by atomic mass is 35.5. The number of halogens is 1. The maximum Gasteiger partial charge on any atom is 0.277 e. The molecule has 2 N–H and O–H groups in total. The van der Waals surface area contributed by atoms with Crippen LogP contribution < -0.4 is 10.9 Å². The van der Waals surface area contributed by atoms with Crippen LogP contribution in [-0.4, -0.2) is 20.7 Å². The number of thiazole rings is 1. The molecule has 0 fully saturated rings. The predicted molar refractivity (Wildman–Crippen MR) is 120 cm³/mol. The third-order valence-corrected chi connectivity index (χ3v) is 6.06. The molecular formula is C22H19ClN4O2S. The van der Waals surface area contributed by atoms with Gasteiger partial charge in [0.15, 0.2) is 0 Å². The second-order valence-corrected chi connectivity index (χ2v) is 8.31. The summed E-state index contributed by atoms with van der Waals surface area (Å²) in [6, 6.07) is 16.7. The van der Waals surface area contributed by atoms with Gasteiger partial charge in [-0.25, -0.2) is 4.98 Å². The largest absolute Gasteiger partial charge is 0.321 e. The van der Waals surface area contributed by atoms with Crippen LogP contribution in [0.15, 0.2) is 59.4 Å². The molecule has 6 nitrogen and oxygen atoms in total. The number of anilines is 1. The van der Waals surface area contributed by atoms with Crippen molar-refractivity contribution in [3.63, 3.8) is 0 Å². The van der Waals surface area contributed by atoms with Gasteiger partial charge in [0.25, 0.3) is 11.5 Å². The summed E-state index contributed by atoms with van der Waals surface area (Å²) in [5, 5.41) is 6.87. The van der Waals surface area contributed by atoms with E-state index in [1.165, 1.54) is 4.68 Å². The van der Waals surface area contributed by atoms with Crippen LogP contribution in [0, 0.1) is 13.8 Å². The summed E-state index contributed by atoms with van der Waals surface area (Å²) in [6.07, 6.45) is 0.529. The Kier molecular flexibility index (Phi) is 5.57. The lowest BCUT2D eigenvalue weighted by atomic mass is 10.1. The van der Waals surface area contributed by atoms with Gasteiger partial charge in [0.1, 0.15) is 4.88 Å². The number of hydrogen-bond acceptors (Lipinski definition) is 4. The number of amides is 1. The quantitative estimate of drug-likeness (QED) is 0.472. The molecule has 0 saturated carbocycles. The Morgan fingerprint density at radius 3 is 2.67 bits per heavy atom. The predicted octanol–water partition coefficient (Wildman–Crippen LogP) is 4.74. The lowest BCUT2D eigenvalue weighted by Gasteiger charge is -2.03. The average Bonchev–Trinajstić information content (AvgIpc) is 3.23. The topological polar surface area (TPSA) is 79.8 Å². The molecule has 0 aliphatic rings. The molecule has 0 atom stereocenters. The molecule has 4 aromatic rings. The lowest BCUT2D eigenvalue weighted by Crippen LogP contribution is -2.17. The van der Waals surface area contributed by atoms with Crippen LogP contribution in [-0.2, 0) is 6.42 Å². The Morgan fingerprint density at radius 1 is 1.17 bits per heavy atom. The summed E-state index contributed by atoms with van der Waals surface area (Å²) >= 11 is 7.14. The van der Waals surface area contributed by atoms with Crippen molar-refractivity contribution in [2.75, 3.05) is 5.32 Å². The monoisotopic (exact) mass is 438 g/mol. The summed E-state index contributed by atoms with van der Waals surface area (Å²) in [6.45, 7) is 3.61. The minimum absolute atomic E-state index is 0.160. The number of nitrogens with zero attached hydrogens (tertiary/aromatic N) is 2. The fourth-order valence-electron chi connectivity index (χ4n) is 3.17. The van der Waals surface area contributed by atoms with Crippen LogP contribution in [0.5, 0.6) is 0 Å². The molecule has 0 aliphatic heterocycles. The number of hydrogen-bond donors (Lipinski definition) is 2. The van der Waals surface area contributed by atoms with Crippen molar-refractivity contribution in [2.45, 2.75) is 20.3 Å². The second kappa shape index (κ2) is 8.30. The molecule has 0 radical (unpaired) electrons. The van der Waals surface area contributed by atoms with Crippen molar-refractivity contribution in [3.8, 4) is 5.13 Å². The highest BCUT2D eigenvalue weighted by molar-refractivity contribution is 7.16. The molecular weight excluding hydrogens is 420 g/mol. The zero-order valence-electron chi connectivity index (χ0n) is 16.4. The number of aromatic nitrogens is 3. The van der Waals surface area contributed by atoms with E-state index in [1.807, 2.05) is 37.3 Å². The summed E-state index contributed by atoms with van der Waals surface area (Å²) < 4.78 is 1.40. The molecule has 0 aliphatic carbocycles. The minimum Gasteiger partial charge on any atom is -0.321 e. The third-order valence-electron chi connectivity index (χ3n) is 4.68. The van der Waals surface area contributed by atoms with Crippen molar-refractivity contribution < 1.29 is 4.79 Å². The van der Waals surface area contributed by atoms with Crippen molar-refractivity contribution in [1.29, 1.82) is 0 Å². The van der Waals surface area contributed by atoms with Crippen LogP contribution in [0.4, 0.5) is 5.69 Å². The van der Waals surface area contributed by atoms with Gasteiger partial charge in [-0.15, -0.1) is 0 Å². The van der Waals surface area contributed by atoms with Crippen molar-refractivity contribution in [1.82, 2.24) is 14.8 Å². The van der Waals surface area contributed by atoms with E-state index < -0.39 is 0 Å². The fourth-order valence-corrected chi connectivity index (χ4v) is 4.28. The minimum atomic E-state index is -0.292. The van der Waals surface area contributed by atoms with Gasteiger partial charge in [-0.05, 0) is 37.6 Å². The number of rotatable bonds is 5. The second-order valence-electron chi connectivity index (χ2n) is 6.89. The van der Waals surface area contributed by atoms with E-state index in [1.54, 1.807) is 31.2 Å². The molecule has 1 amide bonds. The van der Waals surface area contributed by atoms with E-state index >= 15 is 0 Å². The summed E-state index contributed by atoms with van der Waals surface area (Å²) in [5.41, 5.74) is 3.51. The van der Waals surface area contributed by atoms with Gasteiger partial charge in [0, 0.05) is 28.4 Å². The summed E-state index contributed by atoms with van der Waals surface area (Å²) in [4.78, 5) is 30.6. The SMILES string of the molecule is Cc1nc(-n2[nH]c(C)c(Cc3ccccc3)c2=O)sc1C(=O)Nc1cccc(Cl)c1. The molecule has 8 heteroatoms. The standard InChI is InChI=1S/C22H19ClN4O2S/c1-13-18(11-15-7-4-3-5-8-15)21(29)27(26-13)22-24-14(2)19(30-22)20(28)25-17-10-6-9-16(23)12-17/h3-10,12,26H,11H2,1-2H3,(H,25,28). The van der Waals surface area contributed by atoms with Gasteiger partial charge in [0.2, 0.25) is 5.13 Å². The van der Waals surface area contributed by atoms with Crippen LogP contribution in [0.25, 0.3) is 5.13 Å². The average molecular weight is 439 g/mol. The first-order valence-corrected chi connectivity index (χ1v) is 10.5.